The van der Waals surface area contributed by atoms with Gasteiger partial charge in [0.2, 0.25) is 0 Å². The van der Waals surface area contributed by atoms with Crippen LogP contribution in [0.1, 0.15) is 56.7 Å². The van der Waals surface area contributed by atoms with Crippen molar-refractivity contribution in [2.75, 3.05) is 6.54 Å². The molecule has 1 aliphatic carbocycles. The Morgan fingerprint density at radius 1 is 1.21 bits per heavy atom. The molecule has 1 N–H and O–H groups in total. The van der Waals surface area contributed by atoms with Gasteiger partial charge in [-0.3, -0.25) is 0 Å². The summed E-state index contributed by atoms with van der Waals surface area (Å²) in [5, 5.41) is 3.57. The molecule has 0 bridgehead atoms. The van der Waals surface area contributed by atoms with Gasteiger partial charge in [-0.1, -0.05) is 32.8 Å². The van der Waals surface area contributed by atoms with Crippen molar-refractivity contribution in [1.29, 1.82) is 0 Å². The lowest BCUT2D eigenvalue weighted by molar-refractivity contribution is 0.233. The van der Waals surface area contributed by atoms with Crippen LogP contribution in [0.15, 0.2) is 18.2 Å². The lowest BCUT2D eigenvalue weighted by Crippen LogP contribution is -2.30. The minimum atomic E-state index is -0.109. The van der Waals surface area contributed by atoms with Gasteiger partial charge in [0.1, 0.15) is 5.82 Å². The van der Waals surface area contributed by atoms with Gasteiger partial charge in [0, 0.05) is 6.04 Å². The molecule has 1 fully saturated rings. The molecule has 0 heterocycles. The van der Waals surface area contributed by atoms with Gasteiger partial charge < -0.3 is 5.32 Å². The second-order valence-electron chi connectivity index (χ2n) is 6.12. The molecule has 1 aromatic rings. The predicted molar refractivity (Wildman–Crippen MR) is 78.7 cm³/mol. The molecule has 0 radical (unpaired) electrons. The van der Waals surface area contributed by atoms with E-state index in [-0.39, 0.29) is 5.82 Å². The lowest BCUT2D eigenvalue weighted by Gasteiger charge is -2.33. The van der Waals surface area contributed by atoms with Crippen molar-refractivity contribution < 1.29 is 4.39 Å². The van der Waals surface area contributed by atoms with E-state index in [4.69, 9.17) is 0 Å². The summed E-state index contributed by atoms with van der Waals surface area (Å²) in [6.45, 7) is 7.38. The fraction of sp³-hybridized carbons (Fsp3) is 0.647. The second kappa shape index (κ2) is 6.51. The first kappa shape index (κ1) is 14.5. The number of hydrogen-bond donors (Lipinski definition) is 1. The van der Waals surface area contributed by atoms with Gasteiger partial charge in [-0.05, 0) is 61.4 Å². The standard InChI is InChI=1S/C17H26FN/c1-4-19-17(14-7-5-12(2)6-8-14)15-9-13(3)10-16(18)11-15/h9-12,14,17,19H,4-8H2,1-3H3. The topological polar surface area (TPSA) is 12.0 Å². The Balaban J connectivity index is 2.19. The average Bonchev–Trinajstić information content (AvgIpc) is 2.36. The van der Waals surface area contributed by atoms with Crippen molar-refractivity contribution in [2.24, 2.45) is 11.8 Å². The number of benzene rings is 1. The molecule has 19 heavy (non-hydrogen) atoms. The third-order valence-corrected chi connectivity index (χ3v) is 4.38. The van der Waals surface area contributed by atoms with Crippen molar-refractivity contribution in [2.45, 2.75) is 52.5 Å². The van der Waals surface area contributed by atoms with Gasteiger partial charge in [-0.2, -0.15) is 0 Å². The number of halogens is 1. The van der Waals surface area contributed by atoms with E-state index < -0.39 is 0 Å². The molecule has 1 saturated carbocycles. The van der Waals surface area contributed by atoms with Gasteiger partial charge in [-0.25, -0.2) is 4.39 Å². The van der Waals surface area contributed by atoms with E-state index in [2.05, 4.69) is 25.2 Å². The van der Waals surface area contributed by atoms with Crippen molar-refractivity contribution in [1.82, 2.24) is 5.32 Å². The zero-order valence-corrected chi connectivity index (χ0v) is 12.4. The minimum Gasteiger partial charge on any atom is -0.310 e. The fourth-order valence-electron chi connectivity index (χ4n) is 3.34. The Bertz CT molecular complexity index is 387. The largest absolute Gasteiger partial charge is 0.310 e. The van der Waals surface area contributed by atoms with Crippen molar-refractivity contribution in [3.05, 3.63) is 35.1 Å². The molecule has 0 saturated heterocycles. The Kier molecular flexibility index (Phi) is 4.98. The normalized spacial score (nSPS) is 25.3. The highest BCUT2D eigenvalue weighted by molar-refractivity contribution is 5.27. The van der Waals surface area contributed by atoms with E-state index in [9.17, 15) is 4.39 Å². The predicted octanol–water partition coefficient (Wildman–Crippen LogP) is 4.61. The molecular formula is C17H26FN. The first-order valence-corrected chi connectivity index (χ1v) is 7.60. The Labute approximate surface area is 116 Å². The molecule has 0 spiro atoms. The zero-order valence-electron chi connectivity index (χ0n) is 12.4. The van der Waals surface area contributed by atoms with E-state index in [0.29, 0.717) is 12.0 Å². The van der Waals surface area contributed by atoms with Crippen molar-refractivity contribution >= 4 is 0 Å². The smallest absolute Gasteiger partial charge is 0.123 e. The maximum Gasteiger partial charge on any atom is 0.123 e. The summed E-state index contributed by atoms with van der Waals surface area (Å²) in [7, 11) is 0. The van der Waals surface area contributed by atoms with Crippen LogP contribution in [0.2, 0.25) is 0 Å². The second-order valence-corrected chi connectivity index (χ2v) is 6.12. The Hall–Kier alpha value is -0.890. The van der Waals surface area contributed by atoms with Gasteiger partial charge in [0.25, 0.3) is 0 Å². The van der Waals surface area contributed by atoms with E-state index in [1.165, 1.54) is 25.7 Å². The number of aryl methyl sites for hydroxylation is 1. The zero-order chi connectivity index (χ0) is 13.8. The number of nitrogens with one attached hydrogen (secondary N) is 1. The first-order valence-electron chi connectivity index (χ1n) is 7.60. The average molecular weight is 263 g/mol. The molecule has 0 aliphatic heterocycles. The van der Waals surface area contributed by atoms with Crippen LogP contribution >= 0.6 is 0 Å². The molecule has 0 amide bonds. The van der Waals surface area contributed by atoms with Crippen LogP contribution in [-0.2, 0) is 0 Å². The van der Waals surface area contributed by atoms with Crippen LogP contribution in [0.3, 0.4) is 0 Å². The number of rotatable bonds is 4. The summed E-state index contributed by atoms with van der Waals surface area (Å²) in [5.74, 6) is 1.40. The molecule has 2 heteroatoms. The van der Waals surface area contributed by atoms with Crippen LogP contribution in [-0.4, -0.2) is 6.54 Å². The molecule has 2 rings (SSSR count). The molecule has 1 unspecified atom stereocenters. The van der Waals surface area contributed by atoms with Crippen LogP contribution in [0, 0.1) is 24.6 Å². The molecular weight excluding hydrogens is 237 g/mol. The number of hydrogen-bond acceptors (Lipinski definition) is 1. The van der Waals surface area contributed by atoms with Gasteiger partial charge in [-0.15, -0.1) is 0 Å². The van der Waals surface area contributed by atoms with E-state index in [1.54, 1.807) is 12.1 Å². The highest BCUT2D eigenvalue weighted by atomic mass is 19.1. The Morgan fingerprint density at radius 2 is 1.89 bits per heavy atom. The van der Waals surface area contributed by atoms with Gasteiger partial charge in [0.15, 0.2) is 0 Å². The van der Waals surface area contributed by atoms with Crippen LogP contribution in [0.4, 0.5) is 4.39 Å². The Morgan fingerprint density at radius 3 is 2.47 bits per heavy atom. The maximum atomic E-state index is 13.6. The maximum absolute atomic E-state index is 13.6. The first-order chi connectivity index (χ1) is 9.10. The quantitative estimate of drug-likeness (QED) is 0.836. The third kappa shape index (κ3) is 3.79. The van der Waals surface area contributed by atoms with E-state index in [1.807, 2.05) is 6.92 Å². The summed E-state index contributed by atoms with van der Waals surface area (Å²) < 4.78 is 13.6. The van der Waals surface area contributed by atoms with E-state index >= 15 is 0 Å². The lowest BCUT2D eigenvalue weighted by atomic mass is 9.77. The van der Waals surface area contributed by atoms with Crippen molar-refractivity contribution in [3.63, 3.8) is 0 Å². The SMILES string of the molecule is CCNC(c1cc(C)cc(F)c1)C1CCC(C)CC1. The van der Waals surface area contributed by atoms with Crippen molar-refractivity contribution in [3.8, 4) is 0 Å². The molecule has 1 atom stereocenters. The van der Waals surface area contributed by atoms with Gasteiger partial charge >= 0.3 is 0 Å². The van der Waals surface area contributed by atoms with Crippen LogP contribution in [0.5, 0.6) is 0 Å². The molecule has 0 aromatic heterocycles. The minimum absolute atomic E-state index is 0.109. The van der Waals surface area contributed by atoms with E-state index in [0.717, 1.165) is 23.6 Å². The molecule has 1 nitrogen and oxygen atoms in total. The molecule has 106 valence electrons. The van der Waals surface area contributed by atoms with Crippen LogP contribution in [0.25, 0.3) is 0 Å². The highest BCUT2D eigenvalue weighted by Crippen LogP contribution is 2.37. The highest BCUT2D eigenvalue weighted by Gasteiger charge is 2.27. The third-order valence-electron chi connectivity index (χ3n) is 4.38. The molecule has 1 aromatic carbocycles. The monoisotopic (exact) mass is 263 g/mol. The summed E-state index contributed by atoms with van der Waals surface area (Å²) in [6, 6.07) is 5.76. The van der Waals surface area contributed by atoms with Gasteiger partial charge in [0.05, 0.1) is 0 Å². The summed E-state index contributed by atoms with van der Waals surface area (Å²) in [4.78, 5) is 0. The summed E-state index contributed by atoms with van der Waals surface area (Å²) >= 11 is 0. The summed E-state index contributed by atoms with van der Waals surface area (Å²) in [6.07, 6.45) is 5.13. The fourth-order valence-corrected chi connectivity index (χ4v) is 3.34. The van der Waals surface area contributed by atoms with Crippen LogP contribution < -0.4 is 5.32 Å². The molecule has 1 aliphatic rings. The summed E-state index contributed by atoms with van der Waals surface area (Å²) in [5.41, 5.74) is 2.14.